The number of esters is 2. The first-order valence-electron chi connectivity index (χ1n) is 8.93. The van der Waals surface area contributed by atoms with Crippen LogP contribution in [0.2, 0.25) is 0 Å². The topological polar surface area (TPSA) is 85.4 Å². The van der Waals surface area contributed by atoms with E-state index in [-0.39, 0.29) is 18.0 Å². The molecule has 140 valence electrons. The van der Waals surface area contributed by atoms with Crippen LogP contribution >= 0.6 is 0 Å². The van der Waals surface area contributed by atoms with Crippen LogP contribution in [0.25, 0.3) is 0 Å². The minimum absolute atomic E-state index is 0.122. The first kappa shape index (κ1) is 18.4. The van der Waals surface area contributed by atoms with Crippen LogP contribution in [0.4, 0.5) is 0 Å². The van der Waals surface area contributed by atoms with E-state index in [4.69, 9.17) is 14.2 Å². The van der Waals surface area contributed by atoms with Crippen LogP contribution in [0.1, 0.15) is 47.5 Å². The number of fused-ring (bicyclic) bond motifs is 2. The molecule has 2 aliphatic carbocycles. The number of carbonyl (C=O) groups is 2. The Kier molecular flexibility index (Phi) is 4.48. The Hall–Kier alpha value is -1.40. The maximum Gasteiger partial charge on any atom is 0.303 e. The Balaban J connectivity index is 1.88. The molecule has 0 spiro atoms. The lowest BCUT2D eigenvalue weighted by Crippen LogP contribution is -2.40. The number of rotatable bonds is 3. The van der Waals surface area contributed by atoms with Crippen molar-refractivity contribution < 1.29 is 28.9 Å². The SMILES string of the molecule is CC(=O)OC[C@]12CC[C@@H]3[C@@H](/C=C(\C)[C@@H](OC(C)=O)[C@H](O)[C@@H]1O2)C3(C)C. The number of carbonyl (C=O) groups excluding carboxylic acids is 2. The highest BCUT2D eigenvalue weighted by atomic mass is 16.7. The van der Waals surface area contributed by atoms with Gasteiger partial charge in [0.2, 0.25) is 0 Å². The largest absolute Gasteiger partial charge is 0.463 e. The standard InChI is InChI=1S/C19H28O6/c1-10-8-14-13(18(14,4)5)6-7-19(9-23-11(2)20)17(25-19)15(22)16(10)24-12(3)21/h8,13-17,22H,6-7,9H2,1-5H3/b10-8+/t13-,14-,15+,16-,17+,19-/m1/s1. The molecule has 3 aliphatic rings. The molecule has 0 bridgehead atoms. The molecule has 1 heterocycles. The number of hydrogen-bond donors (Lipinski definition) is 1. The lowest BCUT2D eigenvalue weighted by Gasteiger charge is -2.25. The molecular formula is C19H28O6. The van der Waals surface area contributed by atoms with Crippen molar-refractivity contribution in [2.75, 3.05) is 6.61 Å². The van der Waals surface area contributed by atoms with Crippen LogP contribution in [-0.4, -0.2) is 47.6 Å². The summed E-state index contributed by atoms with van der Waals surface area (Å²) in [7, 11) is 0. The van der Waals surface area contributed by atoms with Gasteiger partial charge in [-0.15, -0.1) is 0 Å². The number of hydrogen-bond acceptors (Lipinski definition) is 6. The summed E-state index contributed by atoms with van der Waals surface area (Å²) in [6.07, 6.45) is 1.59. The van der Waals surface area contributed by atoms with Crippen molar-refractivity contribution >= 4 is 11.9 Å². The summed E-state index contributed by atoms with van der Waals surface area (Å²) < 4.78 is 16.4. The van der Waals surface area contributed by atoms with Crippen molar-refractivity contribution in [3.05, 3.63) is 11.6 Å². The highest BCUT2D eigenvalue weighted by Crippen LogP contribution is 2.63. The Morgan fingerprint density at radius 3 is 2.60 bits per heavy atom. The molecule has 2 fully saturated rings. The fraction of sp³-hybridized carbons (Fsp3) is 0.789. The van der Waals surface area contributed by atoms with Gasteiger partial charge in [0.25, 0.3) is 0 Å². The lowest BCUT2D eigenvalue weighted by molar-refractivity contribution is -0.150. The third-order valence-corrected chi connectivity index (χ3v) is 6.16. The van der Waals surface area contributed by atoms with E-state index >= 15 is 0 Å². The second-order valence-electron chi connectivity index (χ2n) is 8.31. The molecule has 6 atom stereocenters. The van der Waals surface area contributed by atoms with E-state index in [9.17, 15) is 14.7 Å². The summed E-state index contributed by atoms with van der Waals surface area (Å²) in [5, 5.41) is 10.8. The molecule has 0 amide bonds. The van der Waals surface area contributed by atoms with Crippen molar-refractivity contribution in [3.8, 4) is 0 Å². The first-order chi connectivity index (χ1) is 11.6. The summed E-state index contributed by atoms with van der Waals surface area (Å²) in [5.74, 6) is 0.0905. The quantitative estimate of drug-likeness (QED) is 0.475. The van der Waals surface area contributed by atoms with Gasteiger partial charge in [0.05, 0.1) is 0 Å². The van der Waals surface area contributed by atoms with Crippen LogP contribution in [0.15, 0.2) is 11.6 Å². The van der Waals surface area contributed by atoms with Gasteiger partial charge in [-0.05, 0) is 42.6 Å². The maximum atomic E-state index is 11.5. The lowest BCUT2D eigenvalue weighted by atomic mass is 9.89. The molecule has 1 saturated carbocycles. The summed E-state index contributed by atoms with van der Waals surface area (Å²) in [4.78, 5) is 22.7. The van der Waals surface area contributed by atoms with Gasteiger partial charge in [0.15, 0.2) is 6.10 Å². The highest BCUT2D eigenvalue weighted by Gasteiger charge is 2.65. The first-order valence-corrected chi connectivity index (χ1v) is 8.93. The highest BCUT2D eigenvalue weighted by molar-refractivity contribution is 5.66. The van der Waals surface area contributed by atoms with Crippen molar-refractivity contribution in [2.24, 2.45) is 17.3 Å². The van der Waals surface area contributed by atoms with E-state index in [1.165, 1.54) is 13.8 Å². The zero-order valence-corrected chi connectivity index (χ0v) is 15.6. The predicted molar refractivity (Wildman–Crippen MR) is 89.5 cm³/mol. The van der Waals surface area contributed by atoms with E-state index in [2.05, 4.69) is 19.9 Å². The van der Waals surface area contributed by atoms with Crippen molar-refractivity contribution in [3.63, 3.8) is 0 Å². The van der Waals surface area contributed by atoms with Gasteiger partial charge in [-0.25, -0.2) is 0 Å². The molecular weight excluding hydrogens is 324 g/mol. The van der Waals surface area contributed by atoms with Crippen molar-refractivity contribution in [2.45, 2.75) is 71.4 Å². The van der Waals surface area contributed by atoms with Gasteiger partial charge >= 0.3 is 11.9 Å². The monoisotopic (exact) mass is 352 g/mol. The minimum atomic E-state index is -0.978. The Morgan fingerprint density at radius 1 is 1.32 bits per heavy atom. The third-order valence-electron chi connectivity index (χ3n) is 6.16. The zero-order chi connectivity index (χ0) is 18.6. The van der Waals surface area contributed by atoms with Gasteiger partial charge in [0.1, 0.15) is 24.4 Å². The molecule has 0 aromatic rings. The molecule has 1 aliphatic heterocycles. The second kappa shape index (κ2) is 6.09. The normalized spacial score (nSPS) is 43.6. The molecule has 25 heavy (non-hydrogen) atoms. The number of aliphatic hydroxyl groups is 1. The van der Waals surface area contributed by atoms with Gasteiger partial charge in [-0.1, -0.05) is 19.9 Å². The average Bonchev–Trinajstić information content (AvgIpc) is 3.35. The molecule has 0 radical (unpaired) electrons. The Bertz CT molecular complexity index is 609. The molecule has 1 saturated heterocycles. The van der Waals surface area contributed by atoms with Gasteiger partial charge < -0.3 is 19.3 Å². The Morgan fingerprint density at radius 2 is 2.00 bits per heavy atom. The van der Waals surface area contributed by atoms with E-state index in [1.807, 2.05) is 6.92 Å². The molecule has 0 aromatic carbocycles. The molecule has 1 N–H and O–H groups in total. The van der Waals surface area contributed by atoms with Crippen LogP contribution in [0, 0.1) is 17.3 Å². The fourth-order valence-corrected chi connectivity index (χ4v) is 4.43. The average molecular weight is 352 g/mol. The van der Waals surface area contributed by atoms with E-state index in [1.54, 1.807) is 0 Å². The fourth-order valence-electron chi connectivity index (χ4n) is 4.43. The maximum absolute atomic E-state index is 11.5. The molecule has 0 unspecified atom stereocenters. The van der Waals surface area contributed by atoms with Crippen LogP contribution in [-0.2, 0) is 23.8 Å². The zero-order valence-electron chi connectivity index (χ0n) is 15.6. The third kappa shape index (κ3) is 3.34. The van der Waals surface area contributed by atoms with E-state index < -0.39 is 29.9 Å². The van der Waals surface area contributed by atoms with Crippen LogP contribution in [0.3, 0.4) is 0 Å². The van der Waals surface area contributed by atoms with Crippen LogP contribution < -0.4 is 0 Å². The van der Waals surface area contributed by atoms with Gasteiger partial charge in [-0.2, -0.15) is 0 Å². The summed E-state index contributed by atoms with van der Waals surface area (Å²) >= 11 is 0. The predicted octanol–water partition coefficient (Wildman–Crippen LogP) is 1.99. The molecule has 6 heteroatoms. The van der Waals surface area contributed by atoms with Crippen molar-refractivity contribution in [1.29, 1.82) is 0 Å². The summed E-state index contributed by atoms with van der Waals surface area (Å²) in [6, 6.07) is 0. The van der Waals surface area contributed by atoms with Crippen molar-refractivity contribution in [1.82, 2.24) is 0 Å². The molecule has 3 rings (SSSR count). The van der Waals surface area contributed by atoms with Crippen LogP contribution in [0.5, 0.6) is 0 Å². The summed E-state index contributed by atoms with van der Waals surface area (Å²) in [5.41, 5.74) is 0.344. The molecule has 6 nitrogen and oxygen atoms in total. The minimum Gasteiger partial charge on any atom is -0.463 e. The van der Waals surface area contributed by atoms with E-state index in [0.717, 1.165) is 12.0 Å². The number of allylic oxidation sites excluding steroid dienone is 1. The smallest absolute Gasteiger partial charge is 0.303 e. The number of ether oxygens (including phenoxy) is 3. The number of aliphatic hydroxyl groups excluding tert-OH is 1. The Labute approximate surface area is 148 Å². The van der Waals surface area contributed by atoms with Gasteiger partial charge in [0, 0.05) is 13.8 Å². The number of epoxide rings is 1. The second-order valence-corrected chi connectivity index (χ2v) is 8.31. The summed E-state index contributed by atoms with van der Waals surface area (Å²) in [6.45, 7) is 9.16. The van der Waals surface area contributed by atoms with E-state index in [0.29, 0.717) is 18.3 Å². The molecule has 0 aromatic heterocycles. The van der Waals surface area contributed by atoms with Gasteiger partial charge in [-0.3, -0.25) is 9.59 Å².